The summed E-state index contributed by atoms with van der Waals surface area (Å²) in [6.07, 6.45) is 0.109. The molecule has 9 heteroatoms. The predicted octanol–water partition coefficient (Wildman–Crippen LogP) is 2.31. The topological polar surface area (TPSA) is 145 Å². The molecule has 2 aromatic rings. The number of carboxylic acids is 2. The number of hydrogen-bond donors (Lipinski definition) is 5. The van der Waals surface area contributed by atoms with E-state index in [0.717, 1.165) is 11.1 Å². The number of amides is 1. The molecule has 1 amide bonds. The first kappa shape index (κ1) is 26.7. The molecule has 0 aliphatic heterocycles. The number of methoxy groups -OCH3 is 1. The van der Waals surface area contributed by atoms with Crippen LogP contribution in [0.15, 0.2) is 48.5 Å². The molecule has 0 fully saturated rings. The number of ether oxygens (including phenoxy) is 1. The van der Waals surface area contributed by atoms with E-state index in [9.17, 15) is 29.7 Å². The Bertz CT molecular complexity index is 992. The summed E-state index contributed by atoms with van der Waals surface area (Å²) in [5.41, 5.74) is 1.18. The zero-order valence-electron chi connectivity index (χ0n) is 19.6. The van der Waals surface area contributed by atoms with Crippen LogP contribution >= 0.6 is 0 Å². The van der Waals surface area contributed by atoms with E-state index in [4.69, 9.17) is 4.74 Å². The van der Waals surface area contributed by atoms with E-state index in [1.54, 1.807) is 42.5 Å². The molecule has 2 aromatic carbocycles. The van der Waals surface area contributed by atoms with Gasteiger partial charge in [-0.25, -0.2) is 4.79 Å². The van der Waals surface area contributed by atoms with E-state index in [0.29, 0.717) is 18.7 Å². The highest BCUT2D eigenvalue weighted by molar-refractivity contribution is 5.89. The Morgan fingerprint density at radius 2 is 1.71 bits per heavy atom. The molecule has 0 heterocycles. The van der Waals surface area contributed by atoms with Crippen molar-refractivity contribution in [3.05, 3.63) is 59.7 Å². The van der Waals surface area contributed by atoms with E-state index in [1.165, 1.54) is 7.11 Å². The fourth-order valence-electron chi connectivity index (χ4n) is 3.57. The largest absolute Gasteiger partial charge is 0.504 e. The highest BCUT2D eigenvalue weighted by Gasteiger charge is 2.28. The van der Waals surface area contributed by atoms with Crippen LogP contribution in [0, 0.1) is 0 Å². The standard InChI is InChI=1S/C25H32N2O7/c1-25(2,17-9-10-21(34-3)20(28)14-17)11-12-26-18(15-22(29)30)23(31)27-19(24(32)33)13-16-7-5-4-6-8-16/h4-10,14,18-19,26,28H,11-13,15H2,1-3H3,(H,27,31)(H,29,30)(H,32,33)/t18-,19-/m0/s1. The van der Waals surface area contributed by atoms with Crippen LogP contribution < -0.4 is 15.4 Å². The Morgan fingerprint density at radius 1 is 1.03 bits per heavy atom. The number of aliphatic carboxylic acids is 2. The molecule has 0 spiro atoms. The number of carbonyl (C=O) groups is 3. The van der Waals surface area contributed by atoms with Gasteiger partial charge in [-0.1, -0.05) is 50.2 Å². The Kier molecular flexibility index (Phi) is 9.44. The monoisotopic (exact) mass is 472 g/mol. The normalized spacial score (nSPS) is 13.0. The van der Waals surface area contributed by atoms with Crippen LogP contribution in [0.1, 0.15) is 37.8 Å². The number of hydrogen-bond acceptors (Lipinski definition) is 6. The van der Waals surface area contributed by atoms with Gasteiger partial charge in [-0.15, -0.1) is 0 Å². The molecule has 0 aliphatic rings. The summed E-state index contributed by atoms with van der Waals surface area (Å²) >= 11 is 0. The Morgan fingerprint density at radius 3 is 2.26 bits per heavy atom. The SMILES string of the molecule is COc1ccc(C(C)(C)CCN[C@@H](CC(=O)O)C(=O)N[C@@H](Cc2ccccc2)C(=O)O)cc1O. The summed E-state index contributed by atoms with van der Waals surface area (Å²) in [6.45, 7) is 4.21. The lowest BCUT2D eigenvalue weighted by atomic mass is 9.81. The van der Waals surface area contributed by atoms with Gasteiger partial charge in [0, 0.05) is 6.42 Å². The van der Waals surface area contributed by atoms with E-state index < -0.39 is 41.8 Å². The molecule has 0 unspecified atom stereocenters. The first-order chi connectivity index (χ1) is 16.0. The third kappa shape index (κ3) is 7.77. The van der Waals surface area contributed by atoms with E-state index in [-0.39, 0.29) is 12.2 Å². The van der Waals surface area contributed by atoms with Gasteiger partial charge in [-0.2, -0.15) is 0 Å². The van der Waals surface area contributed by atoms with Crippen molar-refractivity contribution in [2.75, 3.05) is 13.7 Å². The highest BCUT2D eigenvalue weighted by atomic mass is 16.5. The van der Waals surface area contributed by atoms with Crippen molar-refractivity contribution < 1.29 is 34.4 Å². The van der Waals surface area contributed by atoms with Gasteiger partial charge in [0.05, 0.1) is 19.6 Å². The van der Waals surface area contributed by atoms with Crippen molar-refractivity contribution in [2.24, 2.45) is 0 Å². The fraction of sp³-hybridized carbons (Fsp3) is 0.400. The summed E-state index contributed by atoms with van der Waals surface area (Å²) in [5, 5.41) is 34.3. The van der Waals surface area contributed by atoms with Crippen LogP contribution in [-0.4, -0.2) is 58.9 Å². The van der Waals surface area contributed by atoms with Crippen molar-refractivity contribution in [1.82, 2.24) is 10.6 Å². The number of rotatable bonds is 13. The lowest BCUT2D eigenvalue weighted by Gasteiger charge is -2.27. The number of phenolic OH excluding ortho intramolecular Hbond substituents is 1. The number of phenols is 1. The third-order valence-corrected chi connectivity index (χ3v) is 5.69. The molecule has 184 valence electrons. The van der Waals surface area contributed by atoms with E-state index in [2.05, 4.69) is 10.6 Å². The van der Waals surface area contributed by atoms with Crippen molar-refractivity contribution in [1.29, 1.82) is 0 Å². The van der Waals surface area contributed by atoms with E-state index in [1.807, 2.05) is 19.9 Å². The average Bonchev–Trinajstić information content (AvgIpc) is 2.78. The van der Waals surface area contributed by atoms with Crippen LogP contribution in [0.25, 0.3) is 0 Å². The maximum Gasteiger partial charge on any atom is 0.326 e. The molecule has 9 nitrogen and oxygen atoms in total. The van der Waals surface area contributed by atoms with Crippen molar-refractivity contribution >= 4 is 17.8 Å². The molecule has 0 saturated heterocycles. The maximum absolute atomic E-state index is 12.8. The third-order valence-electron chi connectivity index (χ3n) is 5.69. The number of carbonyl (C=O) groups excluding carboxylic acids is 1. The Hall–Kier alpha value is -3.59. The second-order valence-electron chi connectivity index (χ2n) is 8.71. The lowest BCUT2D eigenvalue weighted by Crippen LogP contribution is -2.52. The predicted molar refractivity (Wildman–Crippen MR) is 126 cm³/mol. The van der Waals surface area contributed by atoms with Crippen molar-refractivity contribution in [3.63, 3.8) is 0 Å². The quantitative estimate of drug-likeness (QED) is 0.299. The molecule has 0 aliphatic carbocycles. The molecular weight excluding hydrogens is 440 g/mol. The van der Waals surface area contributed by atoms with Gasteiger partial charge in [0.1, 0.15) is 6.04 Å². The van der Waals surface area contributed by atoms with Gasteiger partial charge >= 0.3 is 11.9 Å². The Labute approximate surface area is 198 Å². The highest BCUT2D eigenvalue weighted by Crippen LogP contribution is 2.34. The molecule has 0 radical (unpaired) electrons. The number of carboxylic acid groups (broad SMARTS) is 2. The molecule has 5 N–H and O–H groups in total. The second kappa shape index (κ2) is 12.0. The summed E-state index contributed by atoms with van der Waals surface area (Å²) in [5.74, 6) is -2.69. The molecule has 0 aromatic heterocycles. The summed E-state index contributed by atoms with van der Waals surface area (Å²) in [4.78, 5) is 35.8. The summed E-state index contributed by atoms with van der Waals surface area (Å²) in [7, 11) is 1.46. The average molecular weight is 473 g/mol. The number of benzene rings is 2. The first-order valence-corrected chi connectivity index (χ1v) is 10.9. The van der Waals surface area contributed by atoms with Gasteiger partial charge < -0.3 is 30.7 Å². The van der Waals surface area contributed by atoms with Crippen LogP contribution in [0.2, 0.25) is 0 Å². The maximum atomic E-state index is 12.8. The smallest absolute Gasteiger partial charge is 0.326 e. The minimum atomic E-state index is -1.20. The zero-order chi connectivity index (χ0) is 25.3. The number of aromatic hydroxyl groups is 1. The number of nitrogens with one attached hydrogen (secondary N) is 2. The molecule has 0 bridgehead atoms. The lowest BCUT2D eigenvalue weighted by molar-refractivity contribution is -0.143. The summed E-state index contributed by atoms with van der Waals surface area (Å²) in [6, 6.07) is 11.7. The first-order valence-electron chi connectivity index (χ1n) is 10.9. The molecule has 0 saturated carbocycles. The van der Waals surface area contributed by atoms with Crippen molar-refractivity contribution in [2.45, 2.75) is 50.6 Å². The van der Waals surface area contributed by atoms with Gasteiger partial charge in [0.25, 0.3) is 0 Å². The van der Waals surface area contributed by atoms with Crippen molar-refractivity contribution in [3.8, 4) is 11.5 Å². The Balaban J connectivity index is 2.03. The zero-order valence-corrected chi connectivity index (χ0v) is 19.6. The van der Waals surface area contributed by atoms with E-state index >= 15 is 0 Å². The molecule has 2 atom stereocenters. The summed E-state index contributed by atoms with van der Waals surface area (Å²) < 4.78 is 5.07. The molecule has 2 rings (SSSR count). The fourth-order valence-corrected chi connectivity index (χ4v) is 3.57. The molecule has 34 heavy (non-hydrogen) atoms. The van der Waals surface area contributed by atoms with Gasteiger partial charge in [-0.05, 0) is 41.6 Å². The van der Waals surface area contributed by atoms with Crippen LogP contribution in [0.5, 0.6) is 11.5 Å². The van der Waals surface area contributed by atoms with Crippen LogP contribution in [-0.2, 0) is 26.2 Å². The van der Waals surface area contributed by atoms with Gasteiger partial charge in [-0.3, -0.25) is 9.59 Å². The van der Waals surface area contributed by atoms with Crippen LogP contribution in [0.4, 0.5) is 0 Å². The minimum absolute atomic E-state index is 0.0160. The van der Waals surface area contributed by atoms with Gasteiger partial charge in [0.2, 0.25) is 5.91 Å². The van der Waals surface area contributed by atoms with Crippen LogP contribution in [0.3, 0.4) is 0 Å². The second-order valence-corrected chi connectivity index (χ2v) is 8.71. The van der Waals surface area contributed by atoms with Gasteiger partial charge in [0.15, 0.2) is 11.5 Å². The molecular formula is C25H32N2O7. The minimum Gasteiger partial charge on any atom is -0.504 e.